The van der Waals surface area contributed by atoms with Crippen LogP contribution >= 0.6 is 0 Å². The van der Waals surface area contributed by atoms with Crippen molar-refractivity contribution in [2.75, 3.05) is 5.73 Å². The molecule has 0 spiro atoms. The summed E-state index contributed by atoms with van der Waals surface area (Å²) in [7, 11) is -4.49. The van der Waals surface area contributed by atoms with Crippen molar-refractivity contribution < 1.29 is 17.8 Å². The monoisotopic (exact) mass is 470 g/mol. The number of ketones is 1. The van der Waals surface area contributed by atoms with Gasteiger partial charge in [0, 0.05) is 21.9 Å². The van der Waals surface area contributed by atoms with Gasteiger partial charge >= 0.3 is 29.6 Å². The van der Waals surface area contributed by atoms with Crippen LogP contribution in [0.3, 0.4) is 0 Å². The van der Waals surface area contributed by atoms with E-state index in [1.54, 1.807) is 54.6 Å². The van der Waals surface area contributed by atoms with E-state index >= 15 is 0 Å². The Hall–Kier alpha value is -2.95. The molecule has 33 heavy (non-hydrogen) atoms. The molecule has 4 aromatic rings. The Morgan fingerprint density at radius 3 is 2.33 bits per heavy atom. The summed E-state index contributed by atoms with van der Waals surface area (Å²) < 4.78 is 33.3. The zero-order valence-electron chi connectivity index (χ0n) is 16.9. The quantitative estimate of drug-likeness (QED) is 0.143. The number of rotatable bonds is 5. The summed E-state index contributed by atoms with van der Waals surface area (Å²) in [6.07, 6.45) is 1.50. The van der Waals surface area contributed by atoms with Gasteiger partial charge in [0.25, 0.3) is 10.1 Å². The van der Waals surface area contributed by atoms with E-state index in [0.717, 1.165) is 5.56 Å². The zero-order valence-corrected chi connectivity index (χ0v) is 17.7. The first kappa shape index (κ1) is 24.7. The van der Waals surface area contributed by atoms with Crippen LogP contribution in [-0.4, -0.2) is 53.3 Å². The number of nitrogens with zero attached hydrogens (tertiary/aromatic N) is 3. The van der Waals surface area contributed by atoms with Gasteiger partial charge in [0.1, 0.15) is 16.3 Å². The molecule has 10 heteroatoms. The number of fused-ring (bicyclic) bond motifs is 1. The molecule has 0 atom stereocenters. The van der Waals surface area contributed by atoms with Crippen LogP contribution in [0.2, 0.25) is 0 Å². The number of nitrogen functional groups attached to an aromatic ring is 1. The summed E-state index contributed by atoms with van der Waals surface area (Å²) in [5.41, 5.74) is 8.96. The van der Waals surface area contributed by atoms with Crippen molar-refractivity contribution >= 4 is 73.3 Å². The summed E-state index contributed by atoms with van der Waals surface area (Å²) >= 11 is 0. The van der Waals surface area contributed by atoms with Gasteiger partial charge in [-0.15, -0.1) is 10.2 Å². The van der Waals surface area contributed by atoms with E-state index in [0.29, 0.717) is 27.7 Å². The average Bonchev–Trinajstić information content (AvgIpc) is 2.78. The second-order valence-corrected chi connectivity index (χ2v) is 8.46. The molecule has 0 aliphatic carbocycles. The van der Waals surface area contributed by atoms with Crippen molar-refractivity contribution in [3.05, 3.63) is 78.5 Å². The van der Waals surface area contributed by atoms with E-state index in [9.17, 15) is 17.8 Å². The van der Waals surface area contributed by atoms with Crippen molar-refractivity contribution in [2.45, 2.75) is 11.8 Å². The number of azo groups is 1. The zero-order chi connectivity index (χ0) is 22.9. The minimum absolute atomic E-state index is 0. The van der Waals surface area contributed by atoms with Crippen LogP contribution < -0.4 is 5.73 Å². The van der Waals surface area contributed by atoms with Crippen LogP contribution in [0.5, 0.6) is 0 Å². The predicted molar refractivity (Wildman–Crippen MR) is 129 cm³/mol. The van der Waals surface area contributed by atoms with E-state index in [1.165, 1.54) is 19.2 Å². The van der Waals surface area contributed by atoms with Crippen molar-refractivity contribution in [1.29, 1.82) is 0 Å². The minimum atomic E-state index is -4.49. The molecule has 0 fully saturated rings. The number of anilines is 1. The molecule has 0 bridgehead atoms. The van der Waals surface area contributed by atoms with Gasteiger partial charge < -0.3 is 5.73 Å². The van der Waals surface area contributed by atoms with Gasteiger partial charge in [-0.1, -0.05) is 42.5 Å². The Morgan fingerprint density at radius 1 is 0.970 bits per heavy atom. The molecule has 0 radical (unpaired) electrons. The molecule has 3 N–H and O–H groups in total. The molecule has 0 saturated heterocycles. The summed E-state index contributed by atoms with van der Waals surface area (Å²) in [6.45, 7) is 1.50. The number of carbonyl (C=O) groups excluding carboxylic acids is 1. The predicted octanol–water partition coefficient (Wildman–Crippen LogP) is 4.70. The average molecular weight is 470 g/mol. The number of hydrogen-bond acceptors (Lipinski definition) is 7. The molecule has 162 valence electrons. The Morgan fingerprint density at radius 2 is 1.70 bits per heavy atom. The van der Waals surface area contributed by atoms with E-state index < -0.39 is 10.1 Å². The van der Waals surface area contributed by atoms with E-state index in [4.69, 9.17) is 5.73 Å². The van der Waals surface area contributed by atoms with E-state index in [1.807, 2.05) is 6.07 Å². The normalized spacial score (nSPS) is 11.5. The van der Waals surface area contributed by atoms with Crippen LogP contribution in [0, 0.1) is 0 Å². The van der Waals surface area contributed by atoms with Crippen LogP contribution in [-0.2, 0) is 10.1 Å². The summed E-state index contributed by atoms with van der Waals surface area (Å²) in [5.74, 6) is -0.0329. The van der Waals surface area contributed by atoms with Crippen molar-refractivity contribution in [1.82, 2.24) is 4.98 Å². The fourth-order valence-electron chi connectivity index (χ4n) is 3.27. The Balaban J connectivity index is 0.00000306. The van der Waals surface area contributed by atoms with Crippen molar-refractivity contribution in [3.63, 3.8) is 0 Å². The maximum atomic E-state index is 11.8. The van der Waals surface area contributed by atoms with Gasteiger partial charge in [-0.05, 0) is 31.2 Å². The van der Waals surface area contributed by atoms with E-state index in [-0.39, 0.29) is 51.6 Å². The first-order valence-electron chi connectivity index (χ1n) is 9.52. The van der Waals surface area contributed by atoms with Crippen molar-refractivity contribution in [3.8, 4) is 11.3 Å². The number of nitrogens with two attached hydrogens (primary N) is 1. The molecule has 3 aromatic carbocycles. The van der Waals surface area contributed by atoms with Gasteiger partial charge in [-0.25, -0.2) is 0 Å². The SMILES string of the molecule is CC(=O)c1cccc(-c2ccc(/N=N/c3cc(S(=O)(=O)O)c4ccccc4c3N)cn2)c1.[NaH]. The van der Waals surface area contributed by atoms with Gasteiger partial charge in [-0.3, -0.25) is 14.3 Å². The molecular formula is C23H19N4NaO4S. The second-order valence-electron chi connectivity index (χ2n) is 7.07. The fraction of sp³-hybridized carbons (Fsp3) is 0.0435. The molecular weight excluding hydrogens is 451 g/mol. The number of hydrogen-bond donors (Lipinski definition) is 2. The third-order valence-corrected chi connectivity index (χ3v) is 5.78. The molecule has 4 rings (SSSR count). The standard InChI is InChI=1S/C23H18N4O4S.Na.H/c1-14(28)15-5-4-6-16(11-15)20-10-9-17(13-25-20)26-27-21-12-22(32(29,30)31)18-7-2-3-8-19(18)23(21)24;;/h2-13H,24H2,1H3,(H,29,30,31);;/b27-26+;;. The first-order chi connectivity index (χ1) is 15.2. The topological polar surface area (TPSA) is 135 Å². The third kappa shape index (κ3) is 5.35. The molecule has 0 amide bonds. The van der Waals surface area contributed by atoms with Crippen LogP contribution in [0.1, 0.15) is 17.3 Å². The number of benzene rings is 3. The Bertz CT molecular complexity index is 1490. The maximum absolute atomic E-state index is 11.8. The van der Waals surface area contributed by atoms with Gasteiger partial charge in [-0.2, -0.15) is 8.42 Å². The summed E-state index contributed by atoms with van der Waals surface area (Å²) in [4.78, 5) is 15.6. The van der Waals surface area contributed by atoms with Crippen molar-refractivity contribution in [2.24, 2.45) is 10.2 Å². The fourth-order valence-corrected chi connectivity index (χ4v) is 3.99. The summed E-state index contributed by atoms with van der Waals surface area (Å²) in [6, 6.07) is 18.3. The first-order valence-corrected chi connectivity index (χ1v) is 11.0. The molecule has 0 aliphatic heterocycles. The Kier molecular flexibility index (Phi) is 7.41. The number of aromatic nitrogens is 1. The van der Waals surface area contributed by atoms with Gasteiger partial charge in [0.2, 0.25) is 0 Å². The molecule has 0 saturated carbocycles. The molecule has 1 heterocycles. The van der Waals surface area contributed by atoms with Crippen LogP contribution in [0.15, 0.2) is 88.1 Å². The molecule has 0 unspecified atom stereocenters. The third-order valence-electron chi connectivity index (χ3n) is 4.89. The number of pyridine rings is 1. The number of Topliss-reactive ketones (excluding diaryl/α,β-unsaturated/α-hetero) is 1. The molecule has 8 nitrogen and oxygen atoms in total. The second kappa shape index (κ2) is 9.90. The molecule has 1 aromatic heterocycles. The van der Waals surface area contributed by atoms with Gasteiger partial charge in [0.05, 0.1) is 17.6 Å². The van der Waals surface area contributed by atoms with Gasteiger partial charge in [0.15, 0.2) is 5.78 Å². The molecule has 0 aliphatic rings. The van der Waals surface area contributed by atoms with Crippen LogP contribution in [0.25, 0.3) is 22.0 Å². The number of carbonyl (C=O) groups is 1. The van der Waals surface area contributed by atoms with Crippen LogP contribution in [0.4, 0.5) is 17.1 Å². The van der Waals surface area contributed by atoms with E-state index in [2.05, 4.69) is 15.2 Å². The summed E-state index contributed by atoms with van der Waals surface area (Å²) in [5, 5.41) is 8.92. The Labute approximate surface area is 212 Å².